The van der Waals surface area contributed by atoms with Crippen molar-refractivity contribution in [3.63, 3.8) is 0 Å². The quantitative estimate of drug-likeness (QED) is 0.536. The minimum Gasteiger partial charge on any atom is -0.376 e. The maximum absolute atomic E-state index is 10.9. The first-order chi connectivity index (χ1) is 5.54. The molecule has 0 saturated heterocycles. The average molecular weight is 210 g/mol. The molecule has 0 aliphatic rings. The van der Waals surface area contributed by atoms with Crippen LogP contribution in [0.5, 0.6) is 0 Å². The van der Waals surface area contributed by atoms with Gasteiger partial charge in [0.2, 0.25) is 0 Å². The van der Waals surface area contributed by atoms with Gasteiger partial charge in [-0.1, -0.05) is 6.92 Å². The number of carbonyl (C=O) groups excluding carboxylic acids is 1. The van der Waals surface area contributed by atoms with Crippen LogP contribution < -0.4 is 0 Å². The van der Waals surface area contributed by atoms with Crippen LogP contribution in [0.1, 0.15) is 6.92 Å². The Labute approximate surface area is 79.0 Å². The van der Waals surface area contributed by atoms with Gasteiger partial charge >= 0.3 is 8.80 Å². The number of hydrogen-bond donors (Lipinski definition) is 1. The summed E-state index contributed by atoms with van der Waals surface area (Å²) in [5.41, 5.74) is -0.444. The second kappa shape index (κ2) is 4.98. The molecule has 0 aromatic carbocycles. The van der Waals surface area contributed by atoms with Gasteiger partial charge in [0.15, 0.2) is 5.12 Å². The zero-order valence-electron chi connectivity index (χ0n) is 7.66. The van der Waals surface area contributed by atoms with Crippen LogP contribution in [-0.2, 0) is 18.1 Å². The molecule has 0 aromatic heterocycles. The van der Waals surface area contributed by atoms with E-state index in [0.29, 0.717) is 0 Å². The summed E-state index contributed by atoms with van der Waals surface area (Å²) in [6.07, 6.45) is 0. The highest BCUT2D eigenvalue weighted by atomic mass is 32.1. The van der Waals surface area contributed by atoms with Crippen molar-refractivity contribution in [2.24, 2.45) is 0 Å². The minimum atomic E-state index is -2.81. The summed E-state index contributed by atoms with van der Waals surface area (Å²) >= 11 is 3.70. The van der Waals surface area contributed by atoms with Crippen LogP contribution >= 0.6 is 12.6 Å². The molecule has 0 rings (SSSR count). The molecule has 0 amide bonds. The molecule has 0 radical (unpaired) electrons. The van der Waals surface area contributed by atoms with Crippen molar-refractivity contribution in [1.29, 1.82) is 0 Å². The molecule has 0 aliphatic heterocycles. The molecule has 0 aromatic rings. The molecule has 0 fully saturated rings. The lowest BCUT2D eigenvalue weighted by molar-refractivity contribution is -0.111. The Hall–Kier alpha value is 0.117. The summed E-state index contributed by atoms with van der Waals surface area (Å²) in [6, 6.07) is 0. The molecule has 0 bridgehead atoms. The highest BCUT2D eigenvalue weighted by molar-refractivity contribution is 7.97. The lowest BCUT2D eigenvalue weighted by Crippen LogP contribution is -2.48. The second-order valence-corrected chi connectivity index (χ2v) is 6.01. The van der Waals surface area contributed by atoms with Crippen molar-refractivity contribution in [3.8, 4) is 0 Å². The average Bonchev–Trinajstić information content (AvgIpc) is 2.08. The summed E-state index contributed by atoms with van der Waals surface area (Å²) < 4.78 is 15.3. The van der Waals surface area contributed by atoms with Gasteiger partial charge in [-0.3, -0.25) is 4.79 Å². The largest absolute Gasteiger partial charge is 0.511 e. The first-order valence-electron chi connectivity index (χ1n) is 3.42. The van der Waals surface area contributed by atoms with Crippen LogP contribution in [0.25, 0.3) is 0 Å². The Morgan fingerprint density at radius 3 is 1.67 bits per heavy atom. The highest BCUT2D eigenvalue weighted by Crippen LogP contribution is 2.25. The van der Waals surface area contributed by atoms with E-state index in [-0.39, 0.29) is 5.12 Å². The van der Waals surface area contributed by atoms with Crippen LogP contribution in [-0.4, -0.2) is 35.2 Å². The Morgan fingerprint density at radius 2 is 1.58 bits per heavy atom. The van der Waals surface area contributed by atoms with Gasteiger partial charge in [0.25, 0.3) is 0 Å². The molecule has 0 saturated carbocycles. The van der Waals surface area contributed by atoms with Gasteiger partial charge in [0.05, 0.1) is 5.54 Å². The van der Waals surface area contributed by atoms with Crippen molar-refractivity contribution >= 4 is 26.5 Å². The third-order valence-corrected chi connectivity index (χ3v) is 5.41. The van der Waals surface area contributed by atoms with Crippen molar-refractivity contribution in [2.45, 2.75) is 12.5 Å². The molecule has 12 heavy (non-hydrogen) atoms. The Balaban J connectivity index is 4.58. The van der Waals surface area contributed by atoms with Gasteiger partial charge in [-0.15, -0.1) is 12.6 Å². The third kappa shape index (κ3) is 2.30. The third-order valence-electron chi connectivity index (χ3n) is 1.75. The van der Waals surface area contributed by atoms with E-state index in [1.807, 2.05) is 0 Å². The van der Waals surface area contributed by atoms with Gasteiger partial charge in [-0.25, -0.2) is 0 Å². The van der Waals surface area contributed by atoms with Crippen molar-refractivity contribution in [1.82, 2.24) is 0 Å². The molecule has 1 atom stereocenters. The summed E-state index contributed by atoms with van der Waals surface area (Å²) in [5, 5.41) is -0.285. The topological polar surface area (TPSA) is 44.8 Å². The van der Waals surface area contributed by atoms with Crippen LogP contribution in [0.3, 0.4) is 0 Å². The monoisotopic (exact) mass is 210 g/mol. The summed E-state index contributed by atoms with van der Waals surface area (Å²) in [6.45, 7) is 1.68. The van der Waals surface area contributed by atoms with Gasteiger partial charge < -0.3 is 13.3 Å². The molecule has 0 aliphatic carbocycles. The Kier molecular flexibility index (Phi) is 5.03. The molecule has 72 valence electrons. The predicted molar refractivity (Wildman–Crippen MR) is 50.2 cm³/mol. The lowest BCUT2D eigenvalue weighted by Gasteiger charge is -2.27. The molecular formula is C6H14O4SSi. The minimum absolute atomic E-state index is 0.285. The maximum atomic E-state index is 10.9. The van der Waals surface area contributed by atoms with E-state index in [4.69, 9.17) is 13.3 Å². The molecule has 0 heterocycles. The fourth-order valence-electron chi connectivity index (χ4n) is 0.932. The number of carbonyl (C=O) groups is 1. The van der Waals surface area contributed by atoms with E-state index in [1.165, 1.54) is 21.3 Å². The summed E-state index contributed by atoms with van der Waals surface area (Å²) in [7, 11) is 1.58. The summed E-state index contributed by atoms with van der Waals surface area (Å²) in [4.78, 5) is 10.9. The standard InChI is InChI=1S/C6H14O4SSi/c1-5(6(7)11)12(8-2,9-3)10-4/h5H,1-4H3,(H,7,11). The molecule has 4 nitrogen and oxygen atoms in total. The smallest absolute Gasteiger partial charge is 0.376 e. The predicted octanol–water partition coefficient (Wildman–Crippen LogP) is 0.711. The molecular weight excluding hydrogens is 196 g/mol. The van der Waals surface area contributed by atoms with Crippen LogP contribution in [0.2, 0.25) is 5.54 Å². The van der Waals surface area contributed by atoms with Gasteiger partial charge in [-0.2, -0.15) is 0 Å². The first kappa shape index (κ1) is 12.1. The highest BCUT2D eigenvalue weighted by Gasteiger charge is 2.47. The van der Waals surface area contributed by atoms with Crippen molar-refractivity contribution in [2.75, 3.05) is 21.3 Å². The van der Waals surface area contributed by atoms with E-state index in [0.717, 1.165) is 0 Å². The second-order valence-electron chi connectivity index (χ2n) is 2.28. The van der Waals surface area contributed by atoms with Gasteiger partial charge in [-0.05, 0) is 0 Å². The molecule has 1 unspecified atom stereocenters. The Morgan fingerprint density at radius 1 is 1.25 bits per heavy atom. The zero-order chi connectivity index (χ0) is 9.78. The van der Waals surface area contributed by atoms with E-state index >= 15 is 0 Å². The normalized spacial score (nSPS) is 14.4. The fourth-order valence-corrected chi connectivity index (χ4v) is 3.27. The molecule has 0 spiro atoms. The van der Waals surface area contributed by atoms with Crippen molar-refractivity contribution in [3.05, 3.63) is 0 Å². The number of rotatable bonds is 5. The lowest BCUT2D eigenvalue weighted by atomic mass is 10.5. The van der Waals surface area contributed by atoms with Crippen LogP contribution in [0.4, 0.5) is 0 Å². The Bertz CT molecular complexity index is 151. The van der Waals surface area contributed by atoms with E-state index < -0.39 is 14.3 Å². The fraction of sp³-hybridized carbons (Fsp3) is 0.833. The summed E-state index contributed by atoms with van der Waals surface area (Å²) in [5.74, 6) is 0. The maximum Gasteiger partial charge on any atom is 0.511 e. The zero-order valence-corrected chi connectivity index (χ0v) is 9.55. The van der Waals surface area contributed by atoms with Crippen LogP contribution in [0, 0.1) is 0 Å². The van der Waals surface area contributed by atoms with E-state index in [9.17, 15) is 4.79 Å². The SMILES string of the molecule is CO[Si](OC)(OC)C(C)C(=O)S. The van der Waals surface area contributed by atoms with E-state index in [1.54, 1.807) is 6.92 Å². The molecule has 6 heteroatoms. The number of thiol groups is 1. The first-order valence-corrected chi connectivity index (χ1v) is 5.67. The van der Waals surface area contributed by atoms with Gasteiger partial charge in [0, 0.05) is 21.3 Å². The van der Waals surface area contributed by atoms with E-state index in [2.05, 4.69) is 12.6 Å². The van der Waals surface area contributed by atoms with Gasteiger partial charge in [0.1, 0.15) is 0 Å². The number of hydrogen-bond acceptors (Lipinski definition) is 4. The van der Waals surface area contributed by atoms with Crippen LogP contribution in [0.15, 0.2) is 0 Å². The molecule has 0 N–H and O–H groups in total. The van der Waals surface area contributed by atoms with Crippen molar-refractivity contribution < 1.29 is 18.1 Å².